The van der Waals surface area contributed by atoms with Crippen molar-refractivity contribution in [3.05, 3.63) is 0 Å². The summed E-state index contributed by atoms with van der Waals surface area (Å²) in [6.45, 7) is 10.6. The highest BCUT2D eigenvalue weighted by Crippen LogP contribution is 2.31. The Morgan fingerprint density at radius 3 is 2.33 bits per heavy atom. The molecule has 1 unspecified atom stereocenters. The molecule has 0 bridgehead atoms. The maximum absolute atomic E-state index is 10.5. The molecule has 2 aliphatic rings. The fraction of sp³-hybridized carbons (Fsp3) is 1.00. The van der Waals surface area contributed by atoms with Crippen molar-refractivity contribution in [3.8, 4) is 0 Å². The molecule has 2 N–H and O–H groups in total. The first kappa shape index (κ1) is 14.3. The Morgan fingerprint density at radius 2 is 1.83 bits per heavy atom. The zero-order chi connectivity index (χ0) is 13.2. The van der Waals surface area contributed by atoms with E-state index in [-0.39, 0.29) is 0 Å². The molecule has 0 aromatic heterocycles. The van der Waals surface area contributed by atoms with Crippen LogP contribution in [0.1, 0.15) is 46.5 Å². The van der Waals surface area contributed by atoms with Crippen LogP contribution >= 0.6 is 0 Å². The third kappa shape index (κ3) is 3.94. The molecule has 1 aliphatic heterocycles. The predicted molar refractivity (Wildman–Crippen MR) is 75.7 cm³/mol. The highest BCUT2D eigenvalue weighted by atomic mass is 16.3. The summed E-state index contributed by atoms with van der Waals surface area (Å²) in [6.07, 6.45) is 5.26. The number of aliphatic hydroxyl groups is 1. The lowest BCUT2D eigenvalue weighted by Gasteiger charge is -2.37. The van der Waals surface area contributed by atoms with Crippen molar-refractivity contribution >= 4 is 0 Å². The molecule has 0 amide bonds. The molecule has 106 valence electrons. The van der Waals surface area contributed by atoms with Crippen LogP contribution < -0.4 is 5.32 Å². The van der Waals surface area contributed by atoms with E-state index in [1.807, 2.05) is 6.92 Å². The van der Waals surface area contributed by atoms with Crippen LogP contribution in [0, 0.1) is 11.8 Å². The van der Waals surface area contributed by atoms with Crippen molar-refractivity contribution in [1.82, 2.24) is 10.2 Å². The fourth-order valence-electron chi connectivity index (χ4n) is 2.77. The topological polar surface area (TPSA) is 35.5 Å². The van der Waals surface area contributed by atoms with Gasteiger partial charge in [0.05, 0.1) is 5.60 Å². The lowest BCUT2D eigenvalue weighted by molar-refractivity contribution is -0.0251. The molecule has 1 saturated carbocycles. The molecule has 1 saturated heterocycles. The van der Waals surface area contributed by atoms with Crippen LogP contribution in [0.5, 0.6) is 0 Å². The maximum atomic E-state index is 10.5. The SMILES string of the molecule is CC(C)C(C)(O)CN(CC1CCNCC1)C1CC1. The van der Waals surface area contributed by atoms with E-state index in [1.165, 1.54) is 45.3 Å². The second kappa shape index (κ2) is 5.89. The molecule has 2 fully saturated rings. The van der Waals surface area contributed by atoms with Crippen molar-refractivity contribution in [2.45, 2.75) is 58.1 Å². The number of hydrogen-bond donors (Lipinski definition) is 2. The summed E-state index contributed by atoms with van der Waals surface area (Å²) in [6, 6.07) is 0.755. The molecular formula is C15H30N2O. The molecule has 2 rings (SSSR count). The van der Waals surface area contributed by atoms with Crippen LogP contribution in [0.3, 0.4) is 0 Å². The average molecular weight is 254 g/mol. The Labute approximate surface area is 112 Å². The first-order valence-corrected chi connectivity index (χ1v) is 7.66. The van der Waals surface area contributed by atoms with E-state index < -0.39 is 5.60 Å². The summed E-state index contributed by atoms with van der Waals surface area (Å²) in [5.41, 5.74) is -0.546. The Morgan fingerprint density at radius 1 is 1.22 bits per heavy atom. The molecule has 3 nitrogen and oxygen atoms in total. The minimum absolute atomic E-state index is 0.326. The largest absolute Gasteiger partial charge is 0.389 e. The standard InChI is InChI=1S/C15H30N2O/c1-12(2)15(3,18)11-17(14-4-5-14)10-13-6-8-16-9-7-13/h12-14,16,18H,4-11H2,1-3H3. The molecule has 3 heteroatoms. The van der Waals surface area contributed by atoms with Crippen LogP contribution in [-0.2, 0) is 0 Å². The number of nitrogens with zero attached hydrogens (tertiary/aromatic N) is 1. The quantitative estimate of drug-likeness (QED) is 0.759. The number of nitrogens with one attached hydrogen (secondary N) is 1. The normalized spacial score (nSPS) is 25.7. The van der Waals surface area contributed by atoms with E-state index in [1.54, 1.807) is 0 Å². The molecule has 1 atom stereocenters. The van der Waals surface area contributed by atoms with E-state index in [0.717, 1.165) is 18.5 Å². The van der Waals surface area contributed by atoms with Gasteiger partial charge in [0.1, 0.15) is 0 Å². The van der Waals surface area contributed by atoms with Crippen LogP contribution in [0.4, 0.5) is 0 Å². The van der Waals surface area contributed by atoms with Gasteiger partial charge in [-0.05, 0) is 57.5 Å². The van der Waals surface area contributed by atoms with Crippen LogP contribution in [0.25, 0.3) is 0 Å². The Hall–Kier alpha value is -0.120. The van der Waals surface area contributed by atoms with E-state index in [0.29, 0.717) is 5.92 Å². The highest BCUT2D eigenvalue weighted by Gasteiger charge is 2.36. The summed E-state index contributed by atoms with van der Waals surface area (Å²) in [5, 5.41) is 13.9. The first-order chi connectivity index (χ1) is 8.49. The van der Waals surface area contributed by atoms with Crippen molar-refractivity contribution < 1.29 is 5.11 Å². The van der Waals surface area contributed by atoms with Crippen molar-refractivity contribution in [2.24, 2.45) is 11.8 Å². The molecule has 0 aromatic rings. The second-order valence-electron chi connectivity index (χ2n) is 6.87. The van der Waals surface area contributed by atoms with Crippen molar-refractivity contribution in [3.63, 3.8) is 0 Å². The van der Waals surface area contributed by atoms with Gasteiger partial charge in [-0.3, -0.25) is 4.90 Å². The molecule has 1 aliphatic carbocycles. The zero-order valence-electron chi connectivity index (χ0n) is 12.3. The number of rotatable bonds is 6. The summed E-state index contributed by atoms with van der Waals surface area (Å²) in [5.74, 6) is 1.15. The molecule has 1 heterocycles. The Kier molecular flexibility index (Phi) is 4.68. The van der Waals surface area contributed by atoms with Gasteiger partial charge >= 0.3 is 0 Å². The number of hydrogen-bond acceptors (Lipinski definition) is 3. The zero-order valence-corrected chi connectivity index (χ0v) is 12.3. The third-order valence-corrected chi connectivity index (χ3v) is 4.78. The van der Waals surface area contributed by atoms with Gasteiger partial charge in [-0.1, -0.05) is 13.8 Å². The van der Waals surface area contributed by atoms with E-state index >= 15 is 0 Å². The fourth-order valence-corrected chi connectivity index (χ4v) is 2.77. The summed E-state index contributed by atoms with van der Waals surface area (Å²) < 4.78 is 0. The maximum Gasteiger partial charge on any atom is 0.0768 e. The monoisotopic (exact) mass is 254 g/mol. The minimum atomic E-state index is -0.546. The second-order valence-corrected chi connectivity index (χ2v) is 6.87. The van der Waals surface area contributed by atoms with Crippen LogP contribution in [-0.4, -0.2) is 47.8 Å². The van der Waals surface area contributed by atoms with E-state index in [9.17, 15) is 5.11 Å². The van der Waals surface area contributed by atoms with Gasteiger partial charge < -0.3 is 10.4 Å². The predicted octanol–water partition coefficient (Wildman–Crippen LogP) is 1.86. The third-order valence-electron chi connectivity index (χ3n) is 4.78. The summed E-state index contributed by atoms with van der Waals surface area (Å²) >= 11 is 0. The van der Waals surface area contributed by atoms with E-state index in [4.69, 9.17) is 0 Å². The van der Waals surface area contributed by atoms with Crippen molar-refractivity contribution in [2.75, 3.05) is 26.2 Å². The average Bonchev–Trinajstić information content (AvgIpc) is 3.13. The van der Waals surface area contributed by atoms with Crippen LogP contribution in [0.2, 0.25) is 0 Å². The van der Waals surface area contributed by atoms with Gasteiger partial charge in [0.2, 0.25) is 0 Å². The smallest absolute Gasteiger partial charge is 0.0768 e. The van der Waals surface area contributed by atoms with Gasteiger partial charge in [0.25, 0.3) is 0 Å². The van der Waals surface area contributed by atoms with Gasteiger partial charge in [0.15, 0.2) is 0 Å². The van der Waals surface area contributed by atoms with Gasteiger partial charge in [-0.2, -0.15) is 0 Å². The van der Waals surface area contributed by atoms with Crippen molar-refractivity contribution in [1.29, 1.82) is 0 Å². The molecule has 18 heavy (non-hydrogen) atoms. The van der Waals surface area contributed by atoms with Gasteiger partial charge in [0, 0.05) is 19.1 Å². The summed E-state index contributed by atoms with van der Waals surface area (Å²) in [4.78, 5) is 2.57. The Balaban J connectivity index is 1.87. The molecule has 0 radical (unpaired) electrons. The minimum Gasteiger partial charge on any atom is -0.389 e. The molecule has 0 spiro atoms. The highest BCUT2D eigenvalue weighted by molar-refractivity contribution is 4.91. The Bertz CT molecular complexity index is 255. The lowest BCUT2D eigenvalue weighted by atomic mass is 9.90. The van der Waals surface area contributed by atoms with Gasteiger partial charge in [-0.25, -0.2) is 0 Å². The number of piperidine rings is 1. The lowest BCUT2D eigenvalue weighted by Crippen LogP contribution is -2.47. The van der Waals surface area contributed by atoms with E-state index in [2.05, 4.69) is 24.1 Å². The molecular weight excluding hydrogens is 224 g/mol. The van der Waals surface area contributed by atoms with Gasteiger partial charge in [-0.15, -0.1) is 0 Å². The first-order valence-electron chi connectivity index (χ1n) is 7.66. The molecule has 0 aromatic carbocycles. The van der Waals surface area contributed by atoms with Crippen LogP contribution in [0.15, 0.2) is 0 Å². The summed E-state index contributed by atoms with van der Waals surface area (Å²) in [7, 11) is 0.